The minimum Gasteiger partial charge on any atom is -0.473 e. The number of aryl methyl sites for hydroxylation is 2. The molecule has 7 nitrogen and oxygen atoms in total. The molecule has 2 aliphatic rings. The molecule has 1 aromatic heterocycles. The van der Waals surface area contributed by atoms with Crippen molar-refractivity contribution in [2.45, 2.75) is 51.7 Å². The van der Waals surface area contributed by atoms with Gasteiger partial charge in [0.1, 0.15) is 6.10 Å². The van der Waals surface area contributed by atoms with Crippen molar-refractivity contribution in [3.05, 3.63) is 17.6 Å². The molecule has 0 radical (unpaired) electrons. The van der Waals surface area contributed by atoms with E-state index in [0.29, 0.717) is 19.0 Å². The van der Waals surface area contributed by atoms with Crippen LogP contribution >= 0.6 is 0 Å². The van der Waals surface area contributed by atoms with Gasteiger partial charge in [0.25, 0.3) is 0 Å². The fraction of sp³-hybridized carbons (Fsp3) is 0.722. The highest BCUT2D eigenvalue weighted by molar-refractivity contribution is 5.78. The molecule has 0 spiro atoms. The van der Waals surface area contributed by atoms with Gasteiger partial charge in [0.15, 0.2) is 0 Å². The molecular formula is C18H28N4O3. The highest BCUT2D eigenvalue weighted by Gasteiger charge is 2.23. The Morgan fingerprint density at radius 2 is 2.16 bits per heavy atom. The van der Waals surface area contributed by atoms with Crippen molar-refractivity contribution in [3.8, 4) is 5.88 Å². The second-order valence-corrected chi connectivity index (χ2v) is 6.93. The maximum Gasteiger partial charge on any atom is 0.235 e. The normalized spacial score (nSPS) is 22.1. The molecule has 1 N–H and O–H groups in total. The zero-order chi connectivity index (χ0) is 17.6. The van der Waals surface area contributed by atoms with E-state index in [-0.39, 0.29) is 18.1 Å². The summed E-state index contributed by atoms with van der Waals surface area (Å²) in [4.78, 5) is 23.0. The molecule has 0 aromatic carbocycles. The predicted octanol–water partition coefficient (Wildman–Crippen LogP) is 1.23. The first-order valence-corrected chi connectivity index (χ1v) is 9.17. The number of nitrogens with one attached hydrogen (secondary N) is 1. The van der Waals surface area contributed by atoms with Gasteiger partial charge in [-0.25, -0.2) is 4.98 Å². The second kappa shape index (κ2) is 8.58. The summed E-state index contributed by atoms with van der Waals surface area (Å²) in [5.41, 5.74) is 1.68. The van der Waals surface area contributed by atoms with Crippen molar-refractivity contribution in [1.29, 1.82) is 0 Å². The van der Waals surface area contributed by atoms with Gasteiger partial charge in [0.05, 0.1) is 24.0 Å². The molecule has 3 heterocycles. The highest BCUT2D eigenvalue weighted by Crippen LogP contribution is 2.19. The van der Waals surface area contributed by atoms with Crippen LogP contribution in [-0.4, -0.2) is 65.8 Å². The van der Waals surface area contributed by atoms with E-state index >= 15 is 0 Å². The average molecular weight is 348 g/mol. The molecule has 1 amide bonds. The van der Waals surface area contributed by atoms with Gasteiger partial charge in [0, 0.05) is 32.4 Å². The summed E-state index contributed by atoms with van der Waals surface area (Å²) in [5, 5.41) is 2.98. The summed E-state index contributed by atoms with van der Waals surface area (Å²) in [6.45, 7) is 7.43. The third-order valence-corrected chi connectivity index (χ3v) is 4.76. The third-order valence-electron chi connectivity index (χ3n) is 4.76. The zero-order valence-corrected chi connectivity index (χ0v) is 15.2. The van der Waals surface area contributed by atoms with E-state index in [1.54, 1.807) is 6.20 Å². The standard InChI is InChI=1S/C18H28N4O3/c1-13-10-19-14(2)18(21-13)25-15-5-7-22(8-6-15)12-17(23)20-11-16-4-3-9-24-16/h10,15-16H,3-9,11-12H2,1-2H3,(H,20,23). The highest BCUT2D eigenvalue weighted by atomic mass is 16.5. The van der Waals surface area contributed by atoms with Crippen LogP contribution in [-0.2, 0) is 9.53 Å². The molecule has 25 heavy (non-hydrogen) atoms. The number of carbonyl (C=O) groups is 1. The van der Waals surface area contributed by atoms with E-state index in [0.717, 1.165) is 56.8 Å². The van der Waals surface area contributed by atoms with Crippen LogP contribution in [0.3, 0.4) is 0 Å². The predicted molar refractivity (Wildman–Crippen MR) is 93.6 cm³/mol. The monoisotopic (exact) mass is 348 g/mol. The Kier molecular flexibility index (Phi) is 6.20. The SMILES string of the molecule is Cc1cnc(C)c(OC2CCN(CC(=O)NCC3CCCO3)CC2)n1. The molecular weight excluding hydrogens is 320 g/mol. The number of aromatic nitrogens is 2. The Bertz CT molecular complexity index is 582. The molecule has 1 aromatic rings. The summed E-state index contributed by atoms with van der Waals surface area (Å²) in [6, 6.07) is 0. The lowest BCUT2D eigenvalue weighted by molar-refractivity contribution is -0.123. The molecule has 7 heteroatoms. The zero-order valence-electron chi connectivity index (χ0n) is 15.2. The number of hydrogen-bond acceptors (Lipinski definition) is 6. The largest absolute Gasteiger partial charge is 0.473 e. The van der Waals surface area contributed by atoms with Gasteiger partial charge >= 0.3 is 0 Å². The summed E-state index contributed by atoms with van der Waals surface area (Å²) in [7, 11) is 0. The molecule has 0 aliphatic carbocycles. The topological polar surface area (TPSA) is 76.6 Å². The Labute approximate surface area is 149 Å². The lowest BCUT2D eigenvalue weighted by Gasteiger charge is -2.31. The van der Waals surface area contributed by atoms with Gasteiger partial charge in [-0.1, -0.05) is 0 Å². The Morgan fingerprint density at radius 3 is 2.88 bits per heavy atom. The van der Waals surface area contributed by atoms with E-state index in [1.807, 2.05) is 13.8 Å². The van der Waals surface area contributed by atoms with E-state index in [1.165, 1.54) is 0 Å². The maximum atomic E-state index is 12.1. The van der Waals surface area contributed by atoms with Gasteiger partial charge in [-0.15, -0.1) is 0 Å². The maximum absolute atomic E-state index is 12.1. The van der Waals surface area contributed by atoms with Crippen LogP contribution in [0.2, 0.25) is 0 Å². The Balaban J connectivity index is 1.38. The van der Waals surface area contributed by atoms with Gasteiger partial charge < -0.3 is 14.8 Å². The minimum atomic E-state index is 0.0789. The minimum absolute atomic E-state index is 0.0789. The summed E-state index contributed by atoms with van der Waals surface area (Å²) < 4.78 is 11.5. The first kappa shape index (κ1) is 18.1. The smallest absolute Gasteiger partial charge is 0.235 e. The van der Waals surface area contributed by atoms with Gasteiger partial charge in [-0.2, -0.15) is 0 Å². The lowest BCUT2D eigenvalue weighted by atomic mass is 10.1. The van der Waals surface area contributed by atoms with E-state index in [4.69, 9.17) is 9.47 Å². The Hall–Kier alpha value is -1.73. The molecule has 2 aliphatic heterocycles. The summed E-state index contributed by atoms with van der Waals surface area (Å²) >= 11 is 0. The van der Waals surface area contributed by atoms with Crippen LogP contribution in [0, 0.1) is 13.8 Å². The third kappa shape index (κ3) is 5.37. The van der Waals surface area contributed by atoms with Crippen molar-refractivity contribution >= 4 is 5.91 Å². The molecule has 138 valence electrons. The Morgan fingerprint density at radius 1 is 1.36 bits per heavy atom. The molecule has 2 fully saturated rings. The molecule has 2 saturated heterocycles. The van der Waals surface area contributed by atoms with Crippen LogP contribution in [0.4, 0.5) is 0 Å². The number of likely N-dealkylation sites (tertiary alicyclic amines) is 1. The average Bonchev–Trinajstić information content (AvgIpc) is 3.12. The first-order valence-electron chi connectivity index (χ1n) is 9.17. The lowest BCUT2D eigenvalue weighted by Crippen LogP contribution is -2.45. The number of hydrogen-bond donors (Lipinski definition) is 1. The van der Waals surface area contributed by atoms with E-state index < -0.39 is 0 Å². The molecule has 1 unspecified atom stereocenters. The number of rotatable bonds is 6. The van der Waals surface area contributed by atoms with Crippen LogP contribution in [0.15, 0.2) is 6.20 Å². The fourth-order valence-corrected chi connectivity index (χ4v) is 3.26. The number of carbonyl (C=O) groups excluding carboxylic acids is 1. The number of ether oxygens (including phenoxy) is 2. The van der Waals surface area contributed by atoms with E-state index in [2.05, 4.69) is 20.2 Å². The molecule has 3 rings (SSSR count). The van der Waals surface area contributed by atoms with Crippen LogP contribution < -0.4 is 10.1 Å². The number of nitrogens with zero attached hydrogens (tertiary/aromatic N) is 3. The van der Waals surface area contributed by atoms with Crippen molar-refractivity contribution in [2.75, 3.05) is 32.8 Å². The number of amides is 1. The van der Waals surface area contributed by atoms with Crippen molar-refractivity contribution < 1.29 is 14.3 Å². The van der Waals surface area contributed by atoms with Gasteiger partial charge in [0.2, 0.25) is 11.8 Å². The first-order chi connectivity index (χ1) is 12.1. The van der Waals surface area contributed by atoms with Crippen molar-refractivity contribution in [1.82, 2.24) is 20.2 Å². The molecule has 1 atom stereocenters. The van der Waals surface area contributed by atoms with Crippen molar-refractivity contribution in [3.63, 3.8) is 0 Å². The van der Waals surface area contributed by atoms with Gasteiger partial charge in [-0.05, 0) is 39.5 Å². The van der Waals surface area contributed by atoms with Gasteiger partial charge in [-0.3, -0.25) is 14.7 Å². The fourth-order valence-electron chi connectivity index (χ4n) is 3.26. The molecule has 0 bridgehead atoms. The second-order valence-electron chi connectivity index (χ2n) is 6.93. The molecule has 0 saturated carbocycles. The van der Waals surface area contributed by atoms with E-state index in [9.17, 15) is 4.79 Å². The van der Waals surface area contributed by atoms with Crippen LogP contribution in [0.25, 0.3) is 0 Å². The van der Waals surface area contributed by atoms with Crippen LogP contribution in [0.5, 0.6) is 5.88 Å². The van der Waals surface area contributed by atoms with Crippen LogP contribution in [0.1, 0.15) is 37.1 Å². The quantitative estimate of drug-likeness (QED) is 0.833. The number of piperidine rings is 1. The summed E-state index contributed by atoms with van der Waals surface area (Å²) in [6.07, 6.45) is 6.02. The summed E-state index contributed by atoms with van der Waals surface area (Å²) in [5.74, 6) is 0.711. The van der Waals surface area contributed by atoms with Crippen molar-refractivity contribution in [2.24, 2.45) is 0 Å².